The normalized spacial score (nSPS) is 16.1. The molecule has 0 aromatic heterocycles. The van der Waals surface area contributed by atoms with E-state index in [0.29, 0.717) is 29.1 Å². The van der Waals surface area contributed by atoms with Crippen molar-refractivity contribution in [2.24, 2.45) is 0 Å². The molecule has 0 unspecified atom stereocenters. The highest BCUT2D eigenvalue weighted by Crippen LogP contribution is 2.16. The fraction of sp³-hybridized carbons (Fsp3) is 0.300. The van der Waals surface area contributed by atoms with Crippen molar-refractivity contribution in [3.63, 3.8) is 0 Å². The number of amides is 2. The van der Waals surface area contributed by atoms with Crippen molar-refractivity contribution in [3.05, 3.63) is 59.7 Å². The number of carbonyl (C=O) groups is 2. The highest BCUT2D eigenvalue weighted by molar-refractivity contribution is 6.04. The van der Waals surface area contributed by atoms with Gasteiger partial charge in [0, 0.05) is 30.0 Å². The van der Waals surface area contributed by atoms with E-state index in [9.17, 15) is 9.59 Å². The lowest BCUT2D eigenvalue weighted by Crippen LogP contribution is -2.31. The molecule has 136 valence electrons. The van der Waals surface area contributed by atoms with Gasteiger partial charge in [-0.25, -0.2) is 0 Å². The van der Waals surface area contributed by atoms with Crippen LogP contribution in [0, 0.1) is 0 Å². The van der Waals surface area contributed by atoms with Crippen molar-refractivity contribution in [1.82, 2.24) is 5.32 Å². The first kappa shape index (κ1) is 17.9. The number of benzene rings is 2. The molecule has 0 spiro atoms. The second kappa shape index (κ2) is 8.49. The molecule has 1 aliphatic heterocycles. The van der Waals surface area contributed by atoms with Crippen LogP contribution in [0.25, 0.3) is 0 Å². The second-order valence-corrected chi connectivity index (χ2v) is 6.11. The SMILES string of the molecule is COc1cccc(C(=O)Nc2ccc(C(=O)NC[C@@H]3CCCO3)cc2)c1. The maximum absolute atomic E-state index is 12.3. The van der Waals surface area contributed by atoms with Gasteiger partial charge in [-0.1, -0.05) is 6.07 Å². The average molecular weight is 354 g/mol. The van der Waals surface area contributed by atoms with Gasteiger partial charge in [-0.2, -0.15) is 0 Å². The summed E-state index contributed by atoms with van der Waals surface area (Å²) in [4.78, 5) is 24.4. The van der Waals surface area contributed by atoms with E-state index in [0.717, 1.165) is 19.4 Å². The molecule has 3 rings (SSSR count). The summed E-state index contributed by atoms with van der Waals surface area (Å²) in [6.07, 6.45) is 2.14. The molecule has 2 N–H and O–H groups in total. The molecule has 2 amide bonds. The lowest BCUT2D eigenvalue weighted by atomic mass is 10.1. The minimum absolute atomic E-state index is 0.111. The van der Waals surface area contributed by atoms with Crippen LogP contribution in [-0.2, 0) is 4.74 Å². The second-order valence-electron chi connectivity index (χ2n) is 6.11. The van der Waals surface area contributed by atoms with Crippen molar-refractivity contribution < 1.29 is 19.1 Å². The minimum atomic E-state index is -0.237. The molecule has 2 aromatic rings. The minimum Gasteiger partial charge on any atom is -0.497 e. The van der Waals surface area contributed by atoms with Crippen molar-refractivity contribution in [2.75, 3.05) is 25.6 Å². The van der Waals surface area contributed by atoms with Gasteiger partial charge < -0.3 is 20.1 Å². The highest BCUT2D eigenvalue weighted by atomic mass is 16.5. The van der Waals surface area contributed by atoms with E-state index >= 15 is 0 Å². The fourth-order valence-corrected chi connectivity index (χ4v) is 2.79. The van der Waals surface area contributed by atoms with Crippen LogP contribution >= 0.6 is 0 Å². The van der Waals surface area contributed by atoms with E-state index < -0.39 is 0 Å². The van der Waals surface area contributed by atoms with Crippen LogP contribution in [-0.4, -0.2) is 38.2 Å². The molecule has 1 aliphatic rings. The number of carbonyl (C=O) groups excluding carboxylic acids is 2. The van der Waals surface area contributed by atoms with Crippen LogP contribution in [0.4, 0.5) is 5.69 Å². The standard InChI is InChI=1S/C20H22N2O4/c1-25-17-5-2-4-15(12-17)20(24)22-16-9-7-14(8-10-16)19(23)21-13-18-6-3-11-26-18/h2,4-5,7-10,12,18H,3,6,11,13H2,1H3,(H,21,23)(H,22,24)/t18-/m0/s1. The predicted molar refractivity (Wildman–Crippen MR) is 98.7 cm³/mol. The maximum Gasteiger partial charge on any atom is 0.255 e. The van der Waals surface area contributed by atoms with E-state index in [1.165, 1.54) is 0 Å². The van der Waals surface area contributed by atoms with E-state index in [-0.39, 0.29) is 17.9 Å². The Balaban J connectivity index is 1.56. The summed E-state index contributed by atoms with van der Waals surface area (Å²) < 4.78 is 10.6. The first-order valence-electron chi connectivity index (χ1n) is 8.61. The average Bonchev–Trinajstić information content (AvgIpc) is 3.20. The molecule has 2 aromatic carbocycles. The molecular formula is C20H22N2O4. The number of hydrogen-bond acceptors (Lipinski definition) is 4. The number of ether oxygens (including phenoxy) is 2. The molecule has 1 fully saturated rings. The number of anilines is 1. The van der Waals surface area contributed by atoms with Crippen LogP contribution < -0.4 is 15.4 Å². The Hall–Kier alpha value is -2.86. The Morgan fingerprint density at radius 1 is 1.12 bits per heavy atom. The Bertz CT molecular complexity index is 768. The summed E-state index contributed by atoms with van der Waals surface area (Å²) in [5, 5.41) is 5.68. The maximum atomic E-state index is 12.3. The van der Waals surface area contributed by atoms with Crippen LogP contribution in [0.2, 0.25) is 0 Å². The van der Waals surface area contributed by atoms with Crippen LogP contribution in [0.1, 0.15) is 33.6 Å². The van der Waals surface area contributed by atoms with Gasteiger partial charge in [-0.3, -0.25) is 9.59 Å². The van der Waals surface area contributed by atoms with Crippen molar-refractivity contribution in [2.45, 2.75) is 18.9 Å². The summed E-state index contributed by atoms with van der Waals surface area (Å²) in [6, 6.07) is 13.7. The van der Waals surface area contributed by atoms with Crippen LogP contribution in [0.15, 0.2) is 48.5 Å². The van der Waals surface area contributed by atoms with Crippen molar-refractivity contribution in [3.8, 4) is 5.75 Å². The summed E-state index contributed by atoms with van der Waals surface area (Å²) in [7, 11) is 1.56. The number of methoxy groups -OCH3 is 1. The Morgan fingerprint density at radius 2 is 1.92 bits per heavy atom. The summed E-state index contributed by atoms with van der Waals surface area (Å²) in [5.74, 6) is 0.238. The molecule has 1 saturated heterocycles. The van der Waals surface area contributed by atoms with Gasteiger partial charge in [0.15, 0.2) is 0 Å². The molecule has 6 heteroatoms. The lowest BCUT2D eigenvalue weighted by Gasteiger charge is -2.11. The van der Waals surface area contributed by atoms with E-state index in [1.807, 2.05) is 0 Å². The number of nitrogens with one attached hydrogen (secondary N) is 2. The zero-order chi connectivity index (χ0) is 18.4. The molecule has 0 aliphatic carbocycles. The lowest BCUT2D eigenvalue weighted by molar-refractivity contribution is 0.0857. The Kier molecular flexibility index (Phi) is 5.86. The molecule has 6 nitrogen and oxygen atoms in total. The third kappa shape index (κ3) is 4.61. The van der Waals surface area contributed by atoms with Crippen molar-refractivity contribution >= 4 is 17.5 Å². The predicted octanol–water partition coefficient (Wildman–Crippen LogP) is 2.86. The quantitative estimate of drug-likeness (QED) is 0.836. The molecule has 0 bridgehead atoms. The first-order valence-corrected chi connectivity index (χ1v) is 8.61. The largest absolute Gasteiger partial charge is 0.497 e. The molecule has 26 heavy (non-hydrogen) atoms. The zero-order valence-corrected chi connectivity index (χ0v) is 14.7. The Labute approximate surface area is 152 Å². The summed E-state index contributed by atoms with van der Waals surface area (Å²) >= 11 is 0. The number of rotatable bonds is 6. The smallest absolute Gasteiger partial charge is 0.255 e. The van der Waals surface area contributed by atoms with Gasteiger partial charge in [0.05, 0.1) is 13.2 Å². The zero-order valence-electron chi connectivity index (χ0n) is 14.7. The summed E-state index contributed by atoms with van der Waals surface area (Å²) in [5.41, 5.74) is 1.67. The van der Waals surface area contributed by atoms with E-state index in [4.69, 9.17) is 9.47 Å². The molecular weight excluding hydrogens is 332 g/mol. The van der Waals surface area contributed by atoms with Gasteiger partial charge in [-0.15, -0.1) is 0 Å². The molecule has 0 radical (unpaired) electrons. The van der Waals surface area contributed by atoms with Gasteiger partial charge in [0.1, 0.15) is 5.75 Å². The molecule has 1 atom stereocenters. The van der Waals surface area contributed by atoms with Gasteiger partial charge in [0.25, 0.3) is 11.8 Å². The monoisotopic (exact) mass is 354 g/mol. The van der Waals surface area contributed by atoms with Crippen LogP contribution in [0.5, 0.6) is 5.75 Å². The third-order valence-electron chi connectivity index (χ3n) is 4.25. The highest BCUT2D eigenvalue weighted by Gasteiger charge is 2.16. The van der Waals surface area contributed by atoms with E-state index in [2.05, 4.69) is 10.6 Å². The summed E-state index contributed by atoms with van der Waals surface area (Å²) in [6.45, 7) is 1.29. The van der Waals surface area contributed by atoms with E-state index in [1.54, 1.807) is 55.6 Å². The Morgan fingerprint density at radius 3 is 2.62 bits per heavy atom. The van der Waals surface area contributed by atoms with Crippen molar-refractivity contribution in [1.29, 1.82) is 0 Å². The van der Waals surface area contributed by atoms with Gasteiger partial charge in [-0.05, 0) is 55.3 Å². The first-order chi connectivity index (χ1) is 12.7. The molecule has 0 saturated carbocycles. The fourth-order valence-electron chi connectivity index (χ4n) is 2.79. The van der Waals surface area contributed by atoms with Gasteiger partial charge >= 0.3 is 0 Å². The topological polar surface area (TPSA) is 76.7 Å². The number of hydrogen-bond donors (Lipinski definition) is 2. The van der Waals surface area contributed by atoms with Crippen LogP contribution in [0.3, 0.4) is 0 Å². The molecule has 1 heterocycles. The van der Waals surface area contributed by atoms with Gasteiger partial charge in [0.2, 0.25) is 0 Å². The third-order valence-corrected chi connectivity index (χ3v) is 4.25.